The van der Waals surface area contributed by atoms with Gasteiger partial charge in [-0.25, -0.2) is 9.59 Å². The number of carbonyl (C=O) groups is 3. The topological polar surface area (TPSA) is 85.4 Å². The Balaban J connectivity index is 1.77. The Labute approximate surface area is 146 Å². The second-order valence-electron chi connectivity index (χ2n) is 5.37. The van der Waals surface area contributed by atoms with E-state index in [0.717, 1.165) is 0 Å². The van der Waals surface area contributed by atoms with Gasteiger partial charge in [0.1, 0.15) is 5.75 Å². The molecule has 0 aliphatic carbocycles. The summed E-state index contributed by atoms with van der Waals surface area (Å²) in [4.78, 5) is 38.8. The number of carbonyl (C=O) groups excluding carboxylic acids is 3. The van der Waals surface area contributed by atoms with E-state index in [9.17, 15) is 14.4 Å². The number of hydrogen-bond acceptors (Lipinski definition) is 6. The molecule has 0 radical (unpaired) electrons. The minimum atomic E-state index is -0.568. The molecule has 136 valence electrons. The average Bonchev–Trinajstić information content (AvgIpc) is 2.66. The maximum absolute atomic E-state index is 12.1. The number of rotatable bonds is 5. The number of piperazine rings is 1. The molecular formula is C17H22N2O6. The third kappa shape index (κ3) is 5.10. The Morgan fingerprint density at radius 2 is 1.56 bits per heavy atom. The molecule has 2 rings (SSSR count). The highest BCUT2D eigenvalue weighted by Gasteiger charge is 2.25. The van der Waals surface area contributed by atoms with Gasteiger partial charge in [-0.1, -0.05) is 0 Å². The molecule has 1 fully saturated rings. The number of benzene rings is 1. The number of nitrogens with zero attached hydrogens (tertiary/aromatic N) is 2. The van der Waals surface area contributed by atoms with Gasteiger partial charge in [0, 0.05) is 26.2 Å². The predicted octanol–water partition coefficient (Wildman–Crippen LogP) is 1.15. The number of ether oxygens (including phenoxy) is 3. The van der Waals surface area contributed by atoms with Crippen molar-refractivity contribution in [3.05, 3.63) is 29.8 Å². The molecule has 1 saturated heterocycles. The molecule has 25 heavy (non-hydrogen) atoms. The van der Waals surface area contributed by atoms with Crippen LogP contribution in [0.5, 0.6) is 5.75 Å². The Hall–Kier alpha value is -2.77. The van der Waals surface area contributed by atoms with Crippen molar-refractivity contribution in [2.75, 3.05) is 46.5 Å². The molecule has 0 saturated carbocycles. The molecule has 1 aromatic rings. The zero-order chi connectivity index (χ0) is 18.2. The largest absolute Gasteiger partial charge is 0.497 e. The quantitative estimate of drug-likeness (QED) is 0.741. The molecule has 8 nitrogen and oxygen atoms in total. The maximum atomic E-state index is 12.1. The fourth-order valence-corrected chi connectivity index (χ4v) is 2.38. The Bertz CT molecular complexity index is 608. The first-order valence-electron chi connectivity index (χ1n) is 8.05. The lowest BCUT2D eigenvalue weighted by molar-refractivity contribution is -0.136. The van der Waals surface area contributed by atoms with Gasteiger partial charge in [-0.3, -0.25) is 4.79 Å². The summed E-state index contributed by atoms with van der Waals surface area (Å²) in [6, 6.07) is 6.44. The summed E-state index contributed by atoms with van der Waals surface area (Å²) in [6.45, 7) is 3.31. The first-order chi connectivity index (χ1) is 12.0. The number of esters is 1. The molecule has 1 aliphatic rings. The van der Waals surface area contributed by atoms with E-state index < -0.39 is 5.97 Å². The van der Waals surface area contributed by atoms with Gasteiger partial charge >= 0.3 is 12.1 Å². The van der Waals surface area contributed by atoms with Crippen LogP contribution in [0.25, 0.3) is 0 Å². The second kappa shape index (κ2) is 8.91. The Morgan fingerprint density at radius 3 is 2.12 bits per heavy atom. The molecule has 8 heteroatoms. The van der Waals surface area contributed by atoms with Gasteiger partial charge in [0.25, 0.3) is 5.91 Å². The van der Waals surface area contributed by atoms with E-state index in [1.165, 1.54) is 7.11 Å². The van der Waals surface area contributed by atoms with Crippen molar-refractivity contribution >= 4 is 18.0 Å². The fraction of sp³-hybridized carbons (Fsp3) is 0.471. The van der Waals surface area contributed by atoms with E-state index >= 15 is 0 Å². The van der Waals surface area contributed by atoms with E-state index in [-0.39, 0.29) is 18.6 Å². The highest BCUT2D eigenvalue weighted by atomic mass is 16.6. The predicted molar refractivity (Wildman–Crippen MR) is 88.5 cm³/mol. The van der Waals surface area contributed by atoms with Crippen LogP contribution in [-0.4, -0.2) is 74.3 Å². The van der Waals surface area contributed by atoms with Crippen LogP contribution in [0.15, 0.2) is 24.3 Å². The van der Waals surface area contributed by atoms with Crippen LogP contribution >= 0.6 is 0 Å². The number of hydrogen-bond donors (Lipinski definition) is 0. The smallest absolute Gasteiger partial charge is 0.409 e. The van der Waals surface area contributed by atoms with Crippen molar-refractivity contribution < 1.29 is 28.6 Å². The minimum Gasteiger partial charge on any atom is -0.497 e. The van der Waals surface area contributed by atoms with Gasteiger partial charge < -0.3 is 24.0 Å². The van der Waals surface area contributed by atoms with Gasteiger partial charge in [-0.15, -0.1) is 0 Å². The third-order valence-electron chi connectivity index (χ3n) is 3.81. The zero-order valence-electron chi connectivity index (χ0n) is 14.4. The van der Waals surface area contributed by atoms with Crippen molar-refractivity contribution in [1.82, 2.24) is 9.80 Å². The number of methoxy groups -OCH3 is 1. The van der Waals surface area contributed by atoms with E-state index in [2.05, 4.69) is 0 Å². The zero-order valence-corrected chi connectivity index (χ0v) is 14.4. The molecule has 1 aliphatic heterocycles. The summed E-state index contributed by atoms with van der Waals surface area (Å²) in [5.74, 6) is -0.223. The lowest BCUT2D eigenvalue weighted by Crippen LogP contribution is -2.51. The monoisotopic (exact) mass is 350 g/mol. The van der Waals surface area contributed by atoms with Gasteiger partial charge in [-0.05, 0) is 31.2 Å². The number of amides is 2. The molecule has 2 amide bonds. The van der Waals surface area contributed by atoms with Gasteiger partial charge in [0.05, 0.1) is 19.3 Å². The summed E-state index contributed by atoms with van der Waals surface area (Å²) in [7, 11) is 1.54. The van der Waals surface area contributed by atoms with Gasteiger partial charge in [-0.2, -0.15) is 0 Å². The van der Waals surface area contributed by atoms with Crippen molar-refractivity contribution in [3.63, 3.8) is 0 Å². The standard InChI is InChI=1S/C17H22N2O6/c1-3-24-17(22)19-10-8-18(9-11-19)15(20)12-25-16(21)13-4-6-14(23-2)7-5-13/h4-7H,3,8-12H2,1-2H3. The van der Waals surface area contributed by atoms with Crippen LogP contribution in [0.4, 0.5) is 4.79 Å². The molecular weight excluding hydrogens is 328 g/mol. The molecule has 1 aromatic carbocycles. The minimum absolute atomic E-state index is 0.287. The van der Waals surface area contributed by atoms with Crippen LogP contribution < -0.4 is 4.74 Å². The van der Waals surface area contributed by atoms with Gasteiger partial charge in [0.15, 0.2) is 6.61 Å². The second-order valence-corrected chi connectivity index (χ2v) is 5.37. The van der Waals surface area contributed by atoms with Crippen LogP contribution in [0.2, 0.25) is 0 Å². The van der Waals surface area contributed by atoms with E-state index in [0.29, 0.717) is 44.1 Å². The molecule has 1 heterocycles. The summed E-state index contributed by atoms with van der Waals surface area (Å²) in [5.41, 5.74) is 0.348. The average molecular weight is 350 g/mol. The van der Waals surface area contributed by atoms with Crippen molar-refractivity contribution in [1.29, 1.82) is 0 Å². The van der Waals surface area contributed by atoms with Crippen LogP contribution in [0.1, 0.15) is 17.3 Å². The first kappa shape index (κ1) is 18.6. The summed E-state index contributed by atoms with van der Waals surface area (Å²) >= 11 is 0. The summed E-state index contributed by atoms with van der Waals surface area (Å²) in [5, 5.41) is 0. The maximum Gasteiger partial charge on any atom is 0.409 e. The molecule has 0 N–H and O–H groups in total. The van der Waals surface area contributed by atoms with Crippen molar-refractivity contribution in [2.45, 2.75) is 6.92 Å². The normalized spacial score (nSPS) is 14.0. The molecule has 0 spiro atoms. The van der Waals surface area contributed by atoms with E-state index in [1.54, 1.807) is 41.0 Å². The molecule has 0 aromatic heterocycles. The Kier molecular flexibility index (Phi) is 6.62. The van der Waals surface area contributed by atoms with Gasteiger partial charge in [0.2, 0.25) is 0 Å². The molecule has 0 unspecified atom stereocenters. The summed E-state index contributed by atoms with van der Waals surface area (Å²) < 4.78 is 15.0. The molecule has 0 bridgehead atoms. The summed E-state index contributed by atoms with van der Waals surface area (Å²) in [6.07, 6.45) is -0.375. The van der Waals surface area contributed by atoms with Crippen molar-refractivity contribution in [3.8, 4) is 5.75 Å². The van der Waals surface area contributed by atoms with E-state index in [1.807, 2.05) is 0 Å². The van der Waals surface area contributed by atoms with Crippen LogP contribution in [-0.2, 0) is 14.3 Å². The van der Waals surface area contributed by atoms with E-state index in [4.69, 9.17) is 14.2 Å². The SMILES string of the molecule is CCOC(=O)N1CCN(C(=O)COC(=O)c2ccc(OC)cc2)CC1. The first-order valence-corrected chi connectivity index (χ1v) is 8.05. The third-order valence-corrected chi connectivity index (χ3v) is 3.81. The lowest BCUT2D eigenvalue weighted by atomic mass is 10.2. The highest BCUT2D eigenvalue weighted by molar-refractivity contribution is 5.91. The van der Waals surface area contributed by atoms with Crippen LogP contribution in [0.3, 0.4) is 0 Å². The van der Waals surface area contributed by atoms with Crippen molar-refractivity contribution in [2.24, 2.45) is 0 Å². The highest BCUT2D eigenvalue weighted by Crippen LogP contribution is 2.12. The molecule has 0 atom stereocenters. The van der Waals surface area contributed by atoms with Crippen LogP contribution in [0, 0.1) is 0 Å². The Morgan fingerprint density at radius 1 is 0.960 bits per heavy atom. The fourth-order valence-electron chi connectivity index (χ4n) is 2.38. The lowest BCUT2D eigenvalue weighted by Gasteiger charge is -2.33.